The molecular weight excluding hydrogens is 174 g/mol. The van der Waals surface area contributed by atoms with Crippen molar-refractivity contribution in [2.24, 2.45) is 11.8 Å². The first-order valence-electron chi connectivity index (χ1n) is 5.69. The van der Waals surface area contributed by atoms with Gasteiger partial charge in [0.1, 0.15) is 5.78 Å². The fourth-order valence-electron chi connectivity index (χ4n) is 2.50. The standard InChI is InChI=1S/C12H23NO/c1-8-6-9(2)10(3)13(7-8)11(4)12(5)14/h8-11H,6-7H2,1-5H3. The molecule has 1 saturated heterocycles. The Morgan fingerprint density at radius 2 is 1.93 bits per heavy atom. The molecule has 1 fully saturated rings. The number of hydrogen-bond donors (Lipinski definition) is 0. The summed E-state index contributed by atoms with van der Waals surface area (Å²) in [6.45, 7) is 11.6. The molecule has 0 amide bonds. The van der Waals surface area contributed by atoms with Gasteiger partial charge in [-0.1, -0.05) is 13.8 Å². The van der Waals surface area contributed by atoms with E-state index in [9.17, 15) is 4.79 Å². The number of rotatable bonds is 2. The van der Waals surface area contributed by atoms with Crippen LogP contribution in [0.15, 0.2) is 0 Å². The minimum Gasteiger partial charge on any atom is -0.298 e. The number of carbonyl (C=O) groups excluding carboxylic acids is 1. The maximum Gasteiger partial charge on any atom is 0.146 e. The summed E-state index contributed by atoms with van der Waals surface area (Å²) >= 11 is 0. The Bertz CT molecular complexity index is 214. The van der Waals surface area contributed by atoms with Crippen molar-refractivity contribution in [2.75, 3.05) is 6.54 Å². The quantitative estimate of drug-likeness (QED) is 0.677. The third kappa shape index (κ3) is 2.35. The highest BCUT2D eigenvalue weighted by Crippen LogP contribution is 2.28. The van der Waals surface area contributed by atoms with Crippen LogP contribution in [0.5, 0.6) is 0 Å². The molecule has 1 heterocycles. The van der Waals surface area contributed by atoms with Crippen molar-refractivity contribution in [1.29, 1.82) is 0 Å². The lowest BCUT2D eigenvalue weighted by Gasteiger charge is -2.43. The van der Waals surface area contributed by atoms with Crippen LogP contribution >= 0.6 is 0 Å². The first kappa shape index (κ1) is 11.7. The molecule has 0 spiro atoms. The summed E-state index contributed by atoms with van der Waals surface area (Å²) in [5.41, 5.74) is 0. The fraction of sp³-hybridized carbons (Fsp3) is 0.917. The molecule has 0 N–H and O–H groups in total. The smallest absolute Gasteiger partial charge is 0.146 e. The van der Waals surface area contributed by atoms with E-state index < -0.39 is 0 Å². The molecule has 0 bridgehead atoms. The van der Waals surface area contributed by atoms with Crippen LogP contribution in [0.4, 0.5) is 0 Å². The average Bonchev–Trinajstić information content (AvgIpc) is 2.09. The van der Waals surface area contributed by atoms with Gasteiger partial charge in [0.15, 0.2) is 0 Å². The zero-order valence-electron chi connectivity index (χ0n) is 10.1. The van der Waals surface area contributed by atoms with E-state index in [1.54, 1.807) is 6.92 Å². The number of likely N-dealkylation sites (tertiary alicyclic amines) is 1. The lowest BCUT2D eigenvalue weighted by molar-refractivity contribution is -0.124. The van der Waals surface area contributed by atoms with E-state index in [1.165, 1.54) is 6.42 Å². The number of piperidine rings is 1. The van der Waals surface area contributed by atoms with Gasteiger partial charge in [-0.25, -0.2) is 0 Å². The van der Waals surface area contributed by atoms with Crippen molar-refractivity contribution in [3.05, 3.63) is 0 Å². The minimum atomic E-state index is 0.0928. The molecule has 0 aromatic rings. The Morgan fingerprint density at radius 1 is 1.36 bits per heavy atom. The van der Waals surface area contributed by atoms with Gasteiger partial charge in [-0.3, -0.25) is 9.69 Å². The molecule has 0 aliphatic carbocycles. The SMILES string of the molecule is CC(=O)C(C)N1CC(C)CC(C)C1C. The van der Waals surface area contributed by atoms with Crippen LogP contribution in [0.3, 0.4) is 0 Å². The summed E-state index contributed by atoms with van der Waals surface area (Å²) in [5.74, 6) is 1.72. The Hall–Kier alpha value is -0.370. The van der Waals surface area contributed by atoms with E-state index in [0.29, 0.717) is 12.0 Å². The van der Waals surface area contributed by atoms with Gasteiger partial charge in [0, 0.05) is 12.6 Å². The summed E-state index contributed by atoms with van der Waals surface area (Å²) in [5, 5.41) is 0. The van der Waals surface area contributed by atoms with Crippen LogP contribution in [0.25, 0.3) is 0 Å². The maximum absolute atomic E-state index is 11.4. The summed E-state index contributed by atoms with van der Waals surface area (Å²) in [7, 11) is 0. The van der Waals surface area contributed by atoms with Gasteiger partial charge in [0.25, 0.3) is 0 Å². The largest absolute Gasteiger partial charge is 0.298 e. The molecule has 2 nitrogen and oxygen atoms in total. The van der Waals surface area contributed by atoms with Gasteiger partial charge in [0.2, 0.25) is 0 Å². The minimum absolute atomic E-state index is 0.0928. The van der Waals surface area contributed by atoms with E-state index in [2.05, 4.69) is 25.7 Å². The molecule has 1 aliphatic rings. The highest BCUT2D eigenvalue weighted by Gasteiger charge is 2.32. The second kappa shape index (κ2) is 4.43. The topological polar surface area (TPSA) is 20.3 Å². The molecule has 14 heavy (non-hydrogen) atoms. The summed E-state index contributed by atoms with van der Waals surface area (Å²) in [6.07, 6.45) is 1.29. The number of hydrogen-bond acceptors (Lipinski definition) is 2. The summed E-state index contributed by atoms with van der Waals surface area (Å²) in [4.78, 5) is 13.7. The zero-order chi connectivity index (χ0) is 10.9. The van der Waals surface area contributed by atoms with E-state index in [1.807, 2.05) is 6.92 Å². The van der Waals surface area contributed by atoms with Gasteiger partial charge in [-0.2, -0.15) is 0 Å². The summed E-state index contributed by atoms with van der Waals surface area (Å²) < 4.78 is 0. The predicted octanol–water partition coefficient (Wildman–Crippen LogP) is 2.33. The Morgan fingerprint density at radius 3 is 2.43 bits per heavy atom. The van der Waals surface area contributed by atoms with Crippen LogP contribution in [0, 0.1) is 11.8 Å². The fourth-order valence-corrected chi connectivity index (χ4v) is 2.50. The van der Waals surface area contributed by atoms with Crippen molar-refractivity contribution in [2.45, 2.75) is 53.1 Å². The second-order valence-corrected chi connectivity index (χ2v) is 5.04. The Labute approximate surface area is 87.7 Å². The molecule has 82 valence electrons. The van der Waals surface area contributed by atoms with Crippen molar-refractivity contribution >= 4 is 5.78 Å². The first-order chi connectivity index (χ1) is 6.43. The molecule has 4 atom stereocenters. The van der Waals surface area contributed by atoms with Crippen molar-refractivity contribution < 1.29 is 4.79 Å². The molecule has 1 aliphatic heterocycles. The predicted molar refractivity (Wildman–Crippen MR) is 59.3 cm³/mol. The number of carbonyl (C=O) groups is 1. The van der Waals surface area contributed by atoms with Crippen LogP contribution in [-0.4, -0.2) is 29.3 Å². The molecule has 2 heteroatoms. The molecule has 0 saturated carbocycles. The number of ketones is 1. The molecule has 0 aromatic carbocycles. The average molecular weight is 197 g/mol. The van der Waals surface area contributed by atoms with Crippen molar-refractivity contribution in [3.8, 4) is 0 Å². The third-order valence-corrected chi connectivity index (χ3v) is 3.73. The molecule has 0 radical (unpaired) electrons. The normalized spacial score (nSPS) is 36.8. The molecular formula is C12H23NO. The van der Waals surface area contributed by atoms with E-state index in [0.717, 1.165) is 12.5 Å². The maximum atomic E-state index is 11.4. The van der Waals surface area contributed by atoms with Crippen molar-refractivity contribution in [1.82, 2.24) is 4.90 Å². The van der Waals surface area contributed by atoms with Crippen LogP contribution < -0.4 is 0 Å². The van der Waals surface area contributed by atoms with Gasteiger partial charge in [0.05, 0.1) is 6.04 Å². The number of Topliss-reactive ketones (excluding diaryl/α,β-unsaturated/α-hetero) is 1. The molecule has 4 unspecified atom stereocenters. The van der Waals surface area contributed by atoms with E-state index in [4.69, 9.17) is 0 Å². The van der Waals surface area contributed by atoms with Crippen LogP contribution in [0.1, 0.15) is 41.0 Å². The highest BCUT2D eigenvalue weighted by atomic mass is 16.1. The summed E-state index contributed by atoms with van der Waals surface area (Å²) in [6, 6.07) is 0.639. The van der Waals surface area contributed by atoms with Crippen LogP contribution in [-0.2, 0) is 4.79 Å². The number of nitrogens with zero attached hydrogens (tertiary/aromatic N) is 1. The van der Waals surface area contributed by atoms with Gasteiger partial charge >= 0.3 is 0 Å². The Kier molecular flexibility index (Phi) is 3.71. The Balaban J connectivity index is 2.70. The van der Waals surface area contributed by atoms with E-state index in [-0.39, 0.29) is 11.8 Å². The molecule has 0 aromatic heterocycles. The highest BCUT2D eigenvalue weighted by molar-refractivity contribution is 5.81. The van der Waals surface area contributed by atoms with Gasteiger partial charge < -0.3 is 0 Å². The van der Waals surface area contributed by atoms with Gasteiger partial charge in [-0.15, -0.1) is 0 Å². The monoisotopic (exact) mass is 197 g/mol. The first-order valence-corrected chi connectivity index (χ1v) is 5.69. The second-order valence-electron chi connectivity index (χ2n) is 5.04. The lowest BCUT2D eigenvalue weighted by atomic mass is 9.85. The van der Waals surface area contributed by atoms with Crippen LogP contribution in [0.2, 0.25) is 0 Å². The molecule has 1 rings (SSSR count). The van der Waals surface area contributed by atoms with Crippen molar-refractivity contribution in [3.63, 3.8) is 0 Å². The lowest BCUT2D eigenvalue weighted by Crippen LogP contribution is -2.52. The zero-order valence-corrected chi connectivity index (χ0v) is 10.1. The third-order valence-electron chi connectivity index (χ3n) is 3.73. The van der Waals surface area contributed by atoms with E-state index >= 15 is 0 Å². The van der Waals surface area contributed by atoms with Gasteiger partial charge in [-0.05, 0) is 39.0 Å².